The van der Waals surface area contributed by atoms with Gasteiger partial charge in [0.25, 0.3) is 0 Å². The Morgan fingerprint density at radius 1 is 1.67 bits per heavy atom. The third-order valence-electron chi connectivity index (χ3n) is 1.32. The molecule has 64 valence electrons. The van der Waals surface area contributed by atoms with Crippen LogP contribution in [0.3, 0.4) is 0 Å². The Morgan fingerprint density at radius 3 is 2.83 bits per heavy atom. The van der Waals surface area contributed by atoms with Crippen LogP contribution in [-0.4, -0.2) is 16.1 Å². The molecule has 0 bridgehead atoms. The lowest BCUT2D eigenvalue weighted by atomic mass is 10.2. The maximum Gasteiger partial charge on any atom is 0.326 e. The summed E-state index contributed by atoms with van der Waals surface area (Å²) < 4.78 is 0. The van der Waals surface area contributed by atoms with E-state index in [4.69, 9.17) is 22.4 Å². The molecule has 0 saturated heterocycles. The largest absolute Gasteiger partial charge is 0.480 e. The number of halogens is 1. The quantitative estimate of drug-likeness (QED) is 0.671. The number of hydrogen-bond donors (Lipinski definition) is 2. The normalized spacial score (nSPS) is 12.5. The molecule has 1 rings (SSSR count). The minimum absolute atomic E-state index is 0.240. The molecule has 1 atom stereocenters. The molecular weight excluding hydrogens is 180 g/mol. The van der Waals surface area contributed by atoms with Crippen molar-refractivity contribution in [1.29, 1.82) is 0 Å². The number of aromatic nitrogens is 1. The highest BCUT2D eigenvalue weighted by Gasteiger charge is 2.15. The van der Waals surface area contributed by atoms with E-state index in [1.807, 2.05) is 0 Å². The monoisotopic (exact) mass is 186 g/mol. The predicted octanol–water partition coefficient (Wildman–Crippen LogP) is 0.819. The average molecular weight is 187 g/mol. The number of carboxylic acids is 1. The van der Waals surface area contributed by atoms with Crippen molar-refractivity contribution in [2.45, 2.75) is 6.04 Å². The van der Waals surface area contributed by atoms with Gasteiger partial charge in [-0.1, -0.05) is 17.7 Å². The summed E-state index contributed by atoms with van der Waals surface area (Å²) in [6, 6.07) is 3.57. The Morgan fingerprint density at radius 2 is 2.33 bits per heavy atom. The molecule has 0 amide bonds. The van der Waals surface area contributed by atoms with Gasteiger partial charge < -0.3 is 10.8 Å². The smallest absolute Gasteiger partial charge is 0.326 e. The maximum atomic E-state index is 10.4. The molecule has 0 aliphatic rings. The van der Waals surface area contributed by atoms with Gasteiger partial charge in [0, 0.05) is 0 Å². The van der Waals surface area contributed by atoms with Gasteiger partial charge in [-0.05, 0) is 12.1 Å². The Balaban J connectivity index is 2.95. The van der Waals surface area contributed by atoms with E-state index < -0.39 is 12.0 Å². The van der Waals surface area contributed by atoms with Crippen molar-refractivity contribution in [3.8, 4) is 0 Å². The second kappa shape index (κ2) is 3.51. The molecule has 0 radical (unpaired) electrons. The second-order valence-corrected chi connectivity index (χ2v) is 2.59. The maximum absolute atomic E-state index is 10.4. The van der Waals surface area contributed by atoms with Crippen LogP contribution in [-0.2, 0) is 4.79 Å². The summed E-state index contributed by atoms with van der Waals surface area (Å²) in [4.78, 5) is 14.2. The van der Waals surface area contributed by atoms with Crippen molar-refractivity contribution in [1.82, 2.24) is 4.98 Å². The molecule has 12 heavy (non-hydrogen) atoms. The fourth-order valence-corrected chi connectivity index (χ4v) is 0.894. The summed E-state index contributed by atoms with van der Waals surface area (Å²) in [5.41, 5.74) is 5.55. The minimum Gasteiger partial charge on any atom is -0.480 e. The molecule has 0 aliphatic carbocycles. The van der Waals surface area contributed by atoms with Crippen molar-refractivity contribution in [2.75, 3.05) is 0 Å². The summed E-state index contributed by atoms with van der Waals surface area (Å²) in [5, 5.41) is 8.76. The first kappa shape index (κ1) is 8.96. The van der Waals surface area contributed by atoms with E-state index >= 15 is 0 Å². The summed E-state index contributed by atoms with van der Waals surface area (Å²) in [7, 11) is 0. The molecule has 1 aromatic rings. The van der Waals surface area contributed by atoms with Gasteiger partial charge in [-0.3, -0.25) is 4.79 Å². The third-order valence-corrected chi connectivity index (χ3v) is 1.53. The molecule has 5 heteroatoms. The van der Waals surface area contributed by atoms with E-state index in [2.05, 4.69) is 4.98 Å². The van der Waals surface area contributed by atoms with Crippen LogP contribution in [0.4, 0.5) is 0 Å². The van der Waals surface area contributed by atoms with Crippen molar-refractivity contribution in [2.24, 2.45) is 5.73 Å². The molecule has 3 N–H and O–H groups in total. The molecule has 0 fully saturated rings. The highest BCUT2D eigenvalue weighted by atomic mass is 35.5. The molecule has 0 saturated carbocycles. The van der Waals surface area contributed by atoms with Gasteiger partial charge in [0.05, 0.1) is 5.69 Å². The molecule has 0 aliphatic heterocycles. The van der Waals surface area contributed by atoms with Crippen molar-refractivity contribution >= 4 is 17.6 Å². The standard InChI is InChI=1S/C7H7ClN2O2/c8-5-3-1-2-4(10-5)6(9)7(11)12/h1-3,6H,9H2,(H,11,12). The van der Waals surface area contributed by atoms with Crippen LogP contribution in [0, 0.1) is 0 Å². The van der Waals surface area contributed by atoms with E-state index in [9.17, 15) is 4.79 Å². The van der Waals surface area contributed by atoms with Gasteiger partial charge in [-0.2, -0.15) is 0 Å². The number of aliphatic carboxylic acids is 1. The van der Waals surface area contributed by atoms with Gasteiger partial charge >= 0.3 is 5.97 Å². The minimum atomic E-state index is -1.12. The SMILES string of the molecule is NC(C(=O)O)c1cccc(Cl)n1. The highest BCUT2D eigenvalue weighted by Crippen LogP contribution is 2.10. The van der Waals surface area contributed by atoms with Crippen LogP contribution in [0.5, 0.6) is 0 Å². The fraction of sp³-hybridized carbons (Fsp3) is 0.143. The van der Waals surface area contributed by atoms with Gasteiger partial charge in [-0.15, -0.1) is 0 Å². The number of pyridine rings is 1. The second-order valence-electron chi connectivity index (χ2n) is 2.20. The number of nitrogens with two attached hydrogens (primary N) is 1. The van der Waals surface area contributed by atoms with Crippen molar-refractivity contribution in [3.05, 3.63) is 29.0 Å². The zero-order chi connectivity index (χ0) is 9.14. The molecule has 0 spiro atoms. The van der Waals surface area contributed by atoms with Gasteiger partial charge in [-0.25, -0.2) is 4.98 Å². The molecule has 0 aromatic carbocycles. The molecular formula is C7H7ClN2O2. The Bertz CT molecular complexity index is 303. The fourth-order valence-electron chi connectivity index (χ4n) is 0.724. The molecule has 1 aromatic heterocycles. The summed E-state index contributed by atoms with van der Waals surface area (Å²) in [5.74, 6) is -1.12. The number of carbonyl (C=O) groups is 1. The van der Waals surface area contributed by atoms with E-state index in [0.717, 1.165) is 0 Å². The lowest BCUT2D eigenvalue weighted by molar-refractivity contribution is -0.138. The van der Waals surface area contributed by atoms with Crippen LogP contribution in [0.25, 0.3) is 0 Å². The lowest BCUT2D eigenvalue weighted by Gasteiger charge is -2.04. The summed E-state index contributed by atoms with van der Waals surface area (Å²) in [6.07, 6.45) is 0. The van der Waals surface area contributed by atoms with Crippen molar-refractivity contribution in [3.63, 3.8) is 0 Å². The van der Waals surface area contributed by atoms with E-state index in [1.54, 1.807) is 12.1 Å². The van der Waals surface area contributed by atoms with Crippen LogP contribution in [0.1, 0.15) is 11.7 Å². The number of rotatable bonds is 2. The van der Waals surface area contributed by atoms with Gasteiger partial charge in [0.2, 0.25) is 0 Å². The van der Waals surface area contributed by atoms with Gasteiger partial charge in [0.1, 0.15) is 11.2 Å². The molecule has 4 nitrogen and oxygen atoms in total. The topological polar surface area (TPSA) is 76.2 Å². The first-order valence-electron chi connectivity index (χ1n) is 3.22. The molecule has 1 heterocycles. The highest BCUT2D eigenvalue weighted by molar-refractivity contribution is 6.29. The zero-order valence-electron chi connectivity index (χ0n) is 6.07. The number of nitrogens with zero attached hydrogens (tertiary/aromatic N) is 1. The predicted molar refractivity (Wildman–Crippen MR) is 43.8 cm³/mol. The van der Waals surface area contributed by atoms with Crippen molar-refractivity contribution < 1.29 is 9.90 Å². The Hall–Kier alpha value is -1.13. The Labute approximate surface area is 74.0 Å². The van der Waals surface area contributed by atoms with Crippen LogP contribution < -0.4 is 5.73 Å². The third kappa shape index (κ3) is 1.93. The zero-order valence-corrected chi connectivity index (χ0v) is 6.82. The van der Waals surface area contributed by atoms with Crippen LogP contribution in [0.2, 0.25) is 5.15 Å². The van der Waals surface area contributed by atoms with Crippen LogP contribution in [0.15, 0.2) is 18.2 Å². The summed E-state index contributed by atoms with van der Waals surface area (Å²) >= 11 is 5.53. The number of hydrogen-bond acceptors (Lipinski definition) is 3. The van der Waals surface area contributed by atoms with Gasteiger partial charge in [0.15, 0.2) is 0 Å². The van der Waals surface area contributed by atoms with E-state index in [-0.39, 0.29) is 10.8 Å². The lowest BCUT2D eigenvalue weighted by Crippen LogP contribution is -2.21. The van der Waals surface area contributed by atoms with E-state index in [1.165, 1.54) is 6.07 Å². The molecule has 1 unspecified atom stereocenters. The van der Waals surface area contributed by atoms with E-state index in [0.29, 0.717) is 0 Å². The average Bonchev–Trinajstić information content (AvgIpc) is 2.03. The summed E-state index contributed by atoms with van der Waals surface area (Å²) in [6.45, 7) is 0. The van der Waals surface area contributed by atoms with Crippen LogP contribution >= 0.6 is 11.6 Å². The first-order valence-corrected chi connectivity index (χ1v) is 3.60. The number of carboxylic acid groups (broad SMARTS) is 1. The first-order chi connectivity index (χ1) is 5.61. The Kier molecular flexibility index (Phi) is 2.62.